The maximum absolute atomic E-state index is 12.8. The number of carbonyl (C=O) groups is 1. The summed E-state index contributed by atoms with van der Waals surface area (Å²) in [6.07, 6.45) is -4.52. The molecule has 0 fully saturated rings. The SMILES string of the molecule is O=C(Nc1nnc(SCc2ccc(Cl)c(Cl)c2)s1)c1cccc(C(F)(F)F)c1. The number of thioether (sulfide) groups is 1. The molecule has 0 aliphatic rings. The molecule has 0 saturated heterocycles. The average molecular weight is 464 g/mol. The molecule has 0 unspecified atom stereocenters. The van der Waals surface area contributed by atoms with E-state index in [1.165, 1.54) is 23.9 Å². The van der Waals surface area contributed by atoms with Crippen molar-refractivity contribution in [3.63, 3.8) is 0 Å². The van der Waals surface area contributed by atoms with Crippen LogP contribution in [0.25, 0.3) is 0 Å². The Labute approximate surface area is 176 Å². The van der Waals surface area contributed by atoms with E-state index in [9.17, 15) is 18.0 Å². The Morgan fingerprint density at radius 2 is 1.89 bits per heavy atom. The maximum Gasteiger partial charge on any atom is 0.416 e. The fourth-order valence-corrected chi connectivity index (χ4v) is 4.11. The highest BCUT2D eigenvalue weighted by Crippen LogP contribution is 2.32. The van der Waals surface area contributed by atoms with Crippen LogP contribution in [0.4, 0.5) is 18.3 Å². The van der Waals surface area contributed by atoms with Crippen LogP contribution in [0.5, 0.6) is 0 Å². The molecule has 0 bridgehead atoms. The molecule has 1 N–H and O–H groups in total. The van der Waals surface area contributed by atoms with Crippen molar-refractivity contribution in [2.24, 2.45) is 0 Å². The first kappa shape index (κ1) is 20.9. The summed E-state index contributed by atoms with van der Waals surface area (Å²) in [6, 6.07) is 9.44. The number of nitrogens with one attached hydrogen (secondary N) is 1. The number of hydrogen-bond acceptors (Lipinski definition) is 5. The van der Waals surface area contributed by atoms with Gasteiger partial charge in [0.05, 0.1) is 15.6 Å². The van der Waals surface area contributed by atoms with Crippen LogP contribution in [0.1, 0.15) is 21.5 Å². The van der Waals surface area contributed by atoms with Crippen molar-refractivity contribution in [2.45, 2.75) is 16.3 Å². The van der Waals surface area contributed by atoms with E-state index < -0.39 is 17.6 Å². The summed E-state index contributed by atoms with van der Waals surface area (Å²) >= 11 is 14.3. The van der Waals surface area contributed by atoms with Crippen LogP contribution in [0, 0.1) is 0 Å². The van der Waals surface area contributed by atoms with Gasteiger partial charge in [0, 0.05) is 11.3 Å². The fraction of sp³-hybridized carbons (Fsp3) is 0.118. The topological polar surface area (TPSA) is 54.9 Å². The van der Waals surface area contributed by atoms with Gasteiger partial charge in [0.15, 0.2) is 4.34 Å². The molecule has 3 rings (SSSR count). The predicted octanol–water partition coefficient (Wildman–Crippen LogP) is 6.41. The predicted molar refractivity (Wildman–Crippen MR) is 105 cm³/mol. The third kappa shape index (κ3) is 5.38. The zero-order valence-electron chi connectivity index (χ0n) is 13.8. The second kappa shape index (κ2) is 8.69. The molecule has 0 spiro atoms. The number of nitrogens with zero attached hydrogens (tertiary/aromatic N) is 2. The molecule has 0 aliphatic carbocycles. The van der Waals surface area contributed by atoms with Crippen LogP contribution >= 0.6 is 46.3 Å². The molecule has 3 aromatic rings. The zero-order valence-corrected chi connectivity index (χ0v) is 16.9. The molecular weight excluding hydrogens is 454 g/mol. The van der Waals surface area contributed by atoms with E-state index >= 15 is 0 Å². The average Bonchev–Trinajstić information content (AvgIpc) is 3.09. The molecule has 1 aromatic heterocycles. The first-order valence-corrected chi connectivity index (χ1v) is 10.2. The number of halogens is 5. The summed E-state index contributed by atoms with van der Waals surface area (Å²) in [5.74, 6) is -0.129. The van der Waals surface area contributed by atoms with Gasteiger partial charge in [0.2, 0.25) is 5.13 Å². The van der Waals surface area contributed by atoms with E-state index in [1.807, 2.05) is 6.07 Å². The van der Waals surface area contributed by atoms with Gasteiger partial charge >= 0.3 is 6.18 Å². The second-order valence-corrected chi connectivity index (χ2v) is 8.46. The maximum atomic E-state index is 12.8. The van der Waals surface area contributed by atoms with Gasteiger partial charge in [-0.3, -0.25) is 10.1 Å². The number of carbonyl (C=O) groups excluding carboxylic acids is 1. The van der Waals surface area contributed by atoms with Gasteiger partial charge in [-0.05, 0) is 35.9 Å². The minimum Gasteiger partial charge on any atom is -0.296 e. The van der Waals surface area contributed by atoms with E-state index in [1.54, 1.807) is 12.1 Å². The molecule has 146 valence electrons. The van der Waals surface area contributed by atoms with Crippen molar-refractivity contribution in [3.05, 3.63) is 69.2 Å². The monoisotopic (exact) mass is 463 g/mol. The molecule has 0 saturated carbocycles. The highest BCUT2D eigenvalue weighted by molar-refractivity contribution is 8.00. The molecule has 28 heavy (non-hydrogen) atoms. The number of alkyl halides is 3. The Kier molecular flexibility index (Phi) is 6.49. The van der Waals surface area contributed by atoms with Crippen molar-refractivity contribution in [3.8, 4) is 0 Å². The Balaban J connectivity index is 1.62. The zero-order chi connectivity index (χ0) is 20.3. The van der Waals surface area contributed by atoms with Crippen molar-refractivity contribution in [2.75, 3.05) is 5.32 Å². The molecule has 2 aromatic carbocycles. The van der Waals surface area contributed by atoms with E-state index in [0.717, 1.165) is 29.0 Å². The number of hydrogen-bond donors (Lipinski definition) is 1. The molecule has 0 atom stereocenters. The molecule has 1 heterocycles. The first-order valence-electron chi connectivity index (χ1n) is 7.61. The van der Waals surface area contributed by atoms with E-state index in [4.69, 9.17) is 23.2 Å². The van der Waals surface area contributed by atoms with Gasteiger partial charge in [-0.15, -0.1) is 10.2 Å². The van der Waals surface area contributed by atoms with Gasteiger partial charge in [0.1, 0.15) is 0 Å². The summed E-state index contributed by atoms with van der Waals surface area (Å²) < 4.78 is 38.9. The number of amides is 1. The number of aromatic nitrogens is 2. The van der Waals surface area contributed by atoms with Crippen LogP contribution in [0.15, 0.2) is 46.8 Å². The van der Waals surface area contributed by atoms with Crippen LogP contribution < -0.4 is 5.32 Å². The van der Waals surface area contributed by atoms with Crippen molar-refractivity contribution >= 4 is 57.3 Å². The Bertz CT molecular complexity index is 1010. The van der Waals surface area contributed by atoms with Crippen LogP contribution in [-0.4, -0.2) is 16.1 Å². The lowest BCUT2D eigenvalue weighted by molar-refractivity contribution is -0.137. The van der Waals surface area contributed by atoms with Crippen LogP contribution in [-0.2, 0) is 11.9 Å². The normalized spacial score (nSPS) is 11.5. The van der Waals surface area contributed by atoms with Gasteiger partial charge in [-0.2, -0.15) is 13.2 Å². The minimum atomic E-state index is -4.52. The third-order valence-corrected chi connectivity index (χ3v) is 6.21. The summed E-state index contributed by atoms with van der Waals surface area (Å²) in [6.45, 7) is 0. The quantitative estimate of drug-likeness (QED) is 0.350. The lowest BCUT2D eigenvalue weighted by Crippen LogP contribution is -2.13. The first-order chi connectivity index (χ1) is 13.2. The molecule has 1 amide bonds. The highest BCUT2D eigenvalue weighted by Gasteiger charge is 2.31. The van der Waals surface area contributed by atoms with Crippen molar-refractivity contribution in [1.29, 1.82) is 0 Å². The van der Waals surface area contributed by atoms with Crippen LogP contribution in [0.3, 0.4) is 0 Å². The largest absolute Gasteiger partial charge is 0.416 e. The summed E-state index contributed by atoms with van der Waals surface area (Å²) in [5.41, 5.74) is -0.0746. The molecule has 0 radical (unpaired) electrons. The molecular formula is C17H10Cl2F3N3OS2. The van der Waals surface area contributed by atoms with E-state index in [-0.39, 0.29) is 10.7 Å². The standard InChI is InChI=1S/C17H10Cl2F3N3OS2/c18-12-5-4-9(6-13(12)19)8-27-16-25-24-15(28-16)23-14(26)10-2-1-3-11(7-10)17(20,21)22/h1-7H,8H2,(H,23,24,26). The lowest BCUT2D eigenvalue weighted by atomic mass is 10.1. The summed E-state index contributed by atoms with van der Waals surface area (Å²) in [7, 11) is 0. The number of benzene rings is 2. The van der Waals surface area contributed by atoms with Gasteiger partial charge in [-0.1, -0.05) is 58.4 Å². The Hall–Kier alpha value is -1.81. The highest BCUT2D eigenvalue weighted by atomic mass is 35.5. The summed E-state index contributed by atoms with van der Waals surface area (Å²) in [4.78, 5) is 12.2. The van der Waals surface area contributed by atoms with Crippen molar-refractivity contribution < 1.29 is 18.0 Å². The Morgan fingerprint density at radius 1 is 1.11 bits per heavy atom. The van der Waals surface area contributed by atoms with Gasteiger partial charge < -0.3 is 0 Å². The molecule has 11 heteroatoms. The van der Waals surface area contributed by atoms with Gasteiger partial charge in [0.25, 0.3) is 5.91 Å². The fourth-order valence-electron chi connectivity index (χ4n) is 2.10. The van der Waals surface area contributed by atoms with Crippen molar-refractivity contribution in [1.82, 2.24) is 10.2 Å². The molecule has 0 aliphatic heterocycles. The number of rotatable bonds is 5. The molecule has 4 nitrogen and oxygen atoms in total. The Morgan fingerprint density at radius 3 is 2.61 bits per heavy atom. The second-order valence-electron chi connectivity index (χ2n) is 5.44. The lowest BCUT2D eigenvalue weighted by Gasteiger charge is -2.08. The summed E-state index contributed by atoms with van der Waals surface area (Å²) in [5, 5.41) is 11.4. The van der Waals surface area contributed by atoms with E-state index in [0.29, 0.717) is 20.1 Å². The van der Waals surface area contributed by atoms with E-state index in [2.05, 4.69) is 15.5 Å². The smallest absolute Gasteiger partial charge is 0.296 e. The van der Waals surface area contributed by atoms with Crippen LogP contribution in [0.2, 0.25) is 10.0 Å². The van der Waals surface area contributed by atoms with Gasteiger partial charge in [-0.25, -0.2) is 0 Å². The number of anilines is 1. The minimum absolute atomic E-state index is 0.116. The third-order valence-electron chi connectivity index (χ3n) is 3.43.